The molecule has 1 N–H and O–H groups in total. The third-order valence-corrected chi connectivity index (χ3v) is 2.76. The Morgan fingerprint density at radius 1 is 1.33 bits per heavy atom. The van der Waals surface area contributed by atoms with E-state index in [1.807, 2.05) is 0 Å². The average molecular weight is 323 g/mol. The van der Waals surface area contributed by atoms with Crippen LogP contribution in [0.1, 0.15) is 25.7 Å². The SMILES string of the molecule is O=C(O)CCCCCO[C@H](C[N+](=O)[O-])C(Cl)(Cl)Cl. The molecular weight excluding hydrogens is 308 g/mol. The van der Waals surface area contributed by atoms with Gasteiger partial charge in [0.15, 0.2) is 6.10 Å². The van der Waals surface area contributed by atoms with Gasteiger partial charge in [0.2, 0.25) is 10.3 Å². The van der Waals surface area contributed by atoms with Gasteiger partial charge in [-0.05, 0) is 12.8 Å². The Balaban J connectivity index is 3.84. The lowest BCUT2D eigenvalue weighted by Gasteiger charge is -2.21. The van der Waals surface area contributed by atoms with Crippen molar-refractivity contribution in [1.82, 2.24) is 0 Å². The third-order valence-electron chi connectivity index (χ3n) is 2.03. The lowest BCUT2D eigenvalue weighted by atomic mass is 10.2. The molecule has 0 aromatic heterocycles. The maximum Gasteiger partial charge on any atom is 0.303 e. The second kappa shape index (κ2) is 8.74. The van der Waals surface area contributed by atoms with Crippen LogP contribution in [0.4, 0.5) is 0 Å². The third kappa shape index (κ3) is 9.70. The van der Waals surface area contributed by atoms with E-state index >= 15 is 0 Å². The number of hydrogen-bond acceptors (Lipinski definition) is 4. The lowest BCUT2D eigenvalue weighted by molar-refractivity contribution is -0.491. The average Bonchev–Trinajstić information content (AvgIpc) is 2.18. The van der Waals surface area contributed by atoms with Crippen molar-refractivity contribution in [3.05, 3.63) is 10.1 Å². The number of carboxylic acids is 1. The van der Waals surface area contributed by atoms with Crippen molar-refractivity contribution in [3.63, 3.8) is 0 Å². The molecule has 0 fully saturated rings. The van der Waals surface area contributed by atoms with E-state index in [-0.39, 0.29) is 13.0 Å². The number of aliphatic carboxylic acids is 1. The zero-order chi connectivity index (χ0) is 14.2. The van der Waals surface area contributed by atoms with Gasteiger partial charge in [-0.25, -0.2) is 0 Å². The fraction of sp³-hybridized carbons (Fsp3) is 0.889. The van der Waals surface area contributed by atoms with Crippen LogP contribution in [-0.2, 0) is 9.53 Å². The molecule has 0 aliphatic rings. The van der Waals surface area contributed by atoms with E-state index in [0.29, 0.717) is 19.3 Å². The smallest absolute Gasteiger partial charge is 0.303 e. The van der Waals surface area contributed by atoms with Crippen molar-refractivity contribution in [2.45, 2.75) is 35.6 Å². The largest absolute Gasteiger partial charge is 0.481 e. The van der Waals surface area contributed by atoms with Gasteiger partial charge in [-0.3, -0.25) is 14.9 Å². The molecule has 0 aromatic rings. The van der Waals surface area contributed by atoms with Crippen molar-refractivity contribution in [2.75, 3.05) is 13.2 Å². The van der Waals surface area contributed by atoms with E-state index < -0.39 is 27.3 Å². The normalized spacial score (nSPS) is 13.3. The van der Waals surface area contributed by atoms with Crippen LogP contribution in [0.5, 0.6) is 0 Å². The van der Waals surface area contributed by atoms with Crippen molar-refractivity contribution < 1.29 is 19.6 Å². The lowest BCUT2D eigenvalue weighted by Crippen LogP contribution is -2.35. The van der Waals surface area contributed by atoms with Crippen LogP contribution in [0.15, 0.2) is 0 Å². The van der Waals surface area contributed by atoms with Gasteiger partial charge in [0.05, 0.1) is 0 Å². The molecule has 0 amide bonds. The van der Waals surface area contributed by atoms with Crippen LogP contribution in [-0.4, -0.2) is 39.0 Å². The highest BCUT2D eigenvalue weighted by Crippen LogP contribution is 2.32. The van der Waals surface area contributed by atoms with Crippen molar-refractivity contribution in [1.29, 1.82) is 0 Å². The molecule has 0 bridgehead atoms. The molecule has 0 heterocycles. The highest BCUT2D eigenvalue weighted by Gasteiger charge is 2.37. The molecule has 0 aliphatic carbocycles. The summed E-state index contributed by atoms with van der Waals surface area (Å²) in [6.45, 7) is -0.405. The van der Waals surface area contributed by atoms with E-state index in [1.54, 1.807) is 0 Å². The molecule has 9 heteroatoms. The summed E-state index contributed by atoms with van der Waals surface area (Å²) in [6.07, 6.45) is 0.686. The minimum absolute atomic E-state index is 0.0861. The molecule has 6 nitrogen and oxygen atoms in total. The minimum Gasteiger partial charge on any atom is -0.481 e. The molecule has 0 saturated heterocycles. The number of nitro groups is 1. The van der Waals surface area contributed by atoms with Gasteiger partial charge in [0.25, 0.3) is 0 Å². The summed E-state index contributed by atoms with van der Waals surface area (Å²) in [5, 5.41) is 18.8. The fourth-order valence-electron chi connectivity index (χ4n) is 1.17. The monoisotopic (exact) mass is 321 g/mol. The molecule has 0 unspecified atom stereocenters. The Labute approximate surface area is 119 Å². The van der Waals surface area contributed by atoms with E-state index in [4.69, 9.17) is 44.6 Å². The van der Waals surface area contributed by atoms with Crippen LogP contribution in [0.25, 0.3) is 0 Å². The summed E-state index contributed by atoms with van der Waals surface area (Å²) in [7, 11) is 0. The Hall–Kier alpha value is -0.300. The van der Waals surface area contributed by atoms with E-state index in [2.05, 4.69) is 0 Å². The number of unbranched alkanes of at least 4 members (excludes halogenated alkanes) is 2. The second-order valence-electron chi connectivity index (χ2n) is 3.62. The number of ether oxygens (including phenoxy) is 1. The maximum absolute atomic E-state index is 10.4. The second-order valence-corrected chi connectivity index (χ2v) is 5.99. The van der Waals surface area contributed by atoms with Crippen molar-refractivity contribution in [3.8, 4) is 0 Å². The Kier molecular flexibility index (Phi) is 8.60. The molecule has 106 valence electrons. The first-order chi connectivity index (χ1) is 8.23. The topological polar surface area (TPSA) is 89.7 Å². The Bertz CT molecular complexity index is 282. The zero-order valence-corrected chi connectivity index (χ0v) is 11.7. The molecule has 0 spiro atoms. The number of rotatable bonds is 9. The predicted octanol–water partition coefficient (Wildman–Crippen LogP) is 2.66. The van der Waals surface area contributed by atoms with Crippen molar-refractivity contribution >= 4 is 40.8 Å². The Morgan fingerprint density at radius 2 is 1.94 bits per heavy atom. The first-order valence-electron chi connectivity index (χ1n) is 5.25. The number of nitrogens with zero attached hydrogens (tertiary/aromatic N) is 1. The number of carboxylic acid groups (broad SMARTS) is 1. The van der Waals surface area contributed by atoms with Gasteiger partial charge in [0.1, 0.15) is 0 Å². The Morgan fingerprint density at radius 3 is 2.39 bits per heavy atom. The van der Waals surface area contributed by atoms with Crippen LogP contribution in [0.3, 0.4) is 0 Å². The van der Waals surface area contributed by atoms with Gasteiger partial charge < -0.3 is 9.84 Å². The molecule has 1 atom stereocenters. The zero-order valence-electron chi connectivity index (χ0n) is 9.48. The number of alkyl halides is 3. The molecule has 0 radical (unpaired) electrons. The molecule has 0 aromatic carbocycles. The van der Waals surface area contributed by atoms with Crippen LogP contribution in [0, 0.1) is 10.1 Å². The summed E-state index contributed by atoms with van der Waals surface area (Å²) in [5.74, 6) is -0.858. The molecule has 0 rings (SSSR count). The molecule has 0 aliphatic heterocycles. The summed E-state index contributed by atoms with van der Waals surface area (Å²) in [5.41, 5.74) is 0. The van der Waals surface area contributed by atoms with Gasteiger partial charge >= 0.3 is 5.97 Å². The molecular formula is C9H14Cl3NO5. The van der Waals surface area contributed by atoms with Crippen LogP contribution < -0.4 is 0 Å². The number of hydrogen-bond donors (Lipinski definition) is 1. The highest BCUT2D eigenvalue weighted by atomic mass is 35.6. The molecule has 0 saturated carbocycles. The highest BCUT2D eigenvalue weighted by molar-refractivity contribution is 6.68. The quantitative estimate of drug-likeness (QED) is 0.305. The number of halogens is 3. The number of carbonyl (C=O) groups is 1. The first kappa shape index (κ1) is 17.7. The summed E-state index contributed by atoms with van der Waals surface area (Å²) in [4.78, 5) is 20.0. The van der Waals surface area contributed by atoms with Gasteiger partial charge in [-0.2, -0.15) is 0 Å². The van der Waals surface area contributed by atoms with Gasteiger partial charge in [0, 0.05) is 18.0 Å². The van der Waals surface area contributed by atoms with Gasteiger partial charge in [-0.1, -0.05) is 41.2 Å². The van der Waals surface area contributed by atoms with Crippen LogP contribution >= 0.6 is 34.8 Å². The predicted molar refractivity (Wildman–Crippen MR) is 68.0 cm³/mol. The van der Waals surface area contributed by atoms with Crippen molar-refractivity contribution in [2.24, 2.45) is 0 Å². The van der Waals surface area contributed by atoms with E-state index in [9.17, 15) is 14.9 Å². The van der Waals surface area contributed by atoms with E-state index in [0.717, 1.165) is 0 Å². The summed E-state index contributed by atoms with van der Waals surface area (Å²) >= 11 is 16.6. The fourth-order valence-corrected chi connectivity index (χ4v) is 1.56. The summed E-state index contributed by atoms with van der Waals surface area (Å²) in [6, 6.07) is 0. The van der Waals surface area contributed by atoms with E-state index in [1.165, 1.54) is 0 Å². The standard InChI is InChI=1S/C9H14Cl3NO5/c10-9(11,12)7(6-13(16)17)18-5-3-1-2-4-8(14)15/h7H,1-6H2,(H,14,15)/t7-/m1/s1. The van der Waals surface area contributed by atoms with Gasteiger partial charge in [-0.15, -0.1) is 0 Å². The first-order valence-corrected chi connectivity index (χ1v) is 6.38. The molecule has 18 heavy (non-hydrogen) atoms. The maximum atomic E-state index is 10.4. The van der Waals surface area contributed by atoms with Crippen LogP contribution in [0.2, 0.25) is 0 Å². The minimum atomic E-state index is -1.85. The summed E-state index contributed by atoms with van der Waals surface area (Å²) < 4.78 is 3.29.